The van der Waals surface area contributed by atoms with Crippen molar-refractivity contribution in [3.8, 4) is 0 Å². The lowest BCUT2D eigenvalue weighted by Gasteiger charge is -2.17. The number of amides is 1. The van der Waals surface area contributed by atoms with E-state index in [0.29, 0.717) is 16.1 Å². The summed E-state index contributed by atoms with van der Waals surface area (Å²) in [6.45, 7) is 6.14. The number of carbonyl (C=O) groups excluding carboxylic acids is 1. The summed E-state index contributed by atoms with van der Waals surface area (Å²) in [6.07, 6.45) is 1.65. The van der Waals surface area contributed by atoms with Gasteiger partial charge in [-0.15, -0.1) is 0 Å². The number of nitrogens with one attached hydrogen (secondary N) is 1. The Labute approximate surface area is 98.4 Å². The Morgan fingerprint density at radius 1 is 1.47 bits per heavy atom. The summed E-state index contributed by atoms with van der Waals surface area (Å²) in [4.78, 5) is 15.8. The summed E-state index contributed by atoms with van der Waals surface area (Å²) in [5.74, 6) is 0.334. The molecule has 0 fully saturated rings. The monoisotopic (exact) mass is 270 g/mol. The van der Waals surface area contributed by atoms with E-state index in [2.05, 4.69) is 40.1 Å². The fraction of sp³-hybridized carbons (Fsp3) is 0.455. The van der Waals surface area contributed by atoms with Crippen LogP contribution in [-0.4, -0.2) is 16.9 Å². The van der Waals surface area contributed by atoms with Crippen LogP contribution in [0.4, 0.5) is 0 Å². The number of hydrogen-bond acceptors (Lipinski definition) is 2. The number of halogens is 1. The predicted molar refractivity (Wildman–Crippen MR) is 63.7 cm³/mol. The Balaban J connectivity index is 2.74. The van der Waals surface area contributed by atoms with Crippen LogP contribution in [0.25, 0.3) is 0 Å². The zero-order valence-electron chi connectivity index (χ0n) is 9.12. The third kappa shape index (κ3) is 3.30. The van der Waals surface area contributed by atoms with E-state index in [0.717, 1.165) is 0 Å². The SMILES string of the molecule is CC(C)C(C)NC(=O)c1cccnc1Br. The lowest BCUT2D eigenvalue weighted by Crippen LogP contribution is -2.36. The van der Waals surface area contributed by atoms with Crippen molar-refractivity contribution in [2.75, 3.05) is 0 Å². The van der Waals surface area contributed by atoms with Crippen molar-refractivity contribution in [3.63, 3.8) is 0 Å². The zero-order chi connectivity index (χ0) is 11.4. The smallest absolute Gasteiger partial charge is 0.254 e. The van der Waals surface area contributed by atoms with Gasteiger partial charge in [-0.2, -0.15) is 0 Å². The van der Waals surface area contributed by atoms with Crippen molar-refractivity contribution < 1.29 is 4.79 Å². The molecule has 0 saturated heterocycles. The fourth-order valence-corrected chi connectivity index (χ4v) is 1.44. The van der Waals surface area contributed by atoms with Gasteiger partial charge in [0.25, 0.3) is 5.91 Å². The topological polar surface area (TPSA) is 42.0 Å². The average Bonchev–Trinajstić information content (AvgIpc) is 2.18. The van der Waals surface area contributed by atoms with E-state index in [-0.39, 0.29) is 11.9 Å². The number of aromatic nitrogens is 1. The van der Waals surface area contributed by atoms with Crippen LogP contribution in [-0.2, 0) is 0 Å². The number of nitrogens with zero attached hydrogens (tertiary/aromatic N) is 1. The van der Waals surface area contributed by atoms with Gasteiger partial charge in [0.05, 0.1) is 5.56 Å². The first-order chi connectivity index (χ1) is 7.02. The molecule has 0 aliphatic heterocycles. The predicted octanol–water partition coefficient (Wildman–Crippen LogP) is 2.62. The molecule has 1 aromatic heterocycles. The van der Waals surface area contributed by atoms with Crippen molar-refractivity contribution in [1.29, 1.82) is 0 Å². The molecule has 3 nitrogen and oxygen atoms in total. The maximum atomic E-state index is 11.8. The van der Waals surface area contributed by atoms with Gasteiger partial charge >= 0.3 is 0 Å². The molecule has 0 aliphatic carbocycles. The minimum absolute atomic E-state index is 0.0869. The largest absolute Gasteiger partial charge is 0.349 e. The number of carbonyl (C=O) groups is 1. The first-order valence-corrected chi connectivity index (χ1v) is 5.73. The van der Waals surface area contributed by atoms with Crippen molar-refractivity contribution in [2.45, 2.75) is 26.8 Å². The second-order valence-electron chi connectivity index (χ2n) is 3.85. The first kappa shape index (κ1) is 12.2. The Kier molecular flexibility index (Phi) is 4.27. The van der Waals surface area contributed by atoms with Gasteiger partial charge in [-0.25, -0.2) is 4.98 Å². The molecule has 1 heterocycles. The molecule has 4 heteroatoms. The van der Waals surface area contributed by atoms with Gasteiger partial charge < -0.3 is 5.32 Å². The molecule has 0 bridgehead atoms. The summed E-state index contributed by atoms with van der Waals surface area (Å²) in [6, 6.07) is 3.66. The van der Waals surface area contributed by atoms with E-state index in [1.54, 1.807) is 18.3 Å². The van der Waals surface area contributed by atoms with E-state index in [1.807, 2.05) is 6.92 Å². The molecule has 82 valence electrons. The van der Waals surface area contributed by atoms with Crippen molar-refractivity contribution in [2.24, 2.45) is 5.92 Å². The summed E-state index contributed by atoms with van der Waals surface area (Å²) in [7, 11) is 0. The van der Waals surface area contributed by atoms with Gasteiger partial charge in [-0.1, -0.05) is 13.8 Å². The Morgan fingerprint density at radius 2 is 2.13 bits per heavy atom. The highest BCUT2D eigenvalue weighted by Gasteiger charge is 2.14. The molecule has 1 rings (SSSR count). The first-order valence-electron chi connectivity index (χ1n) is 4.93. The third-order valence-electron chi connectivity index (χ3n) is 2.36. The molecule has 1 unspecified atom stereocenters. The Bertz CT molecular complexity index is 352. The van der Waals surface area contributed by atoms with Crippen molar-refractivity contribution in [3.05, 3.63) is 28.5 Å². The molecule has 0 aromatic carbocycles. The molecule has 1 atom stereocenters. The van der Waals surface area contributed by atoms with Crippen LogP contribution < -0.4 is 5.32 Å². The third-order valence-corrected chi connectivity index (χ3v) is 2.99. The molecule has 1 N–H and O–H groups in total. The van der Waals surface area contributed by atoms with Gasteiger partial charge in [-0.05, 0) is 40.9 Å². The van der Waals surface area contributed by atoms with E-state index in [4.69, 9.17) is 0 Å². The fourth-order valence-electron chi connectivity index (χ4n) is 1.01. The van der Waals surface area contributed by atoms with Crippen molar-refractivity contribution >= 4 is 21.8 Å². The minimum Gasteiger partial charge on any atom is -0.349 e. The van der Waals surface area contributed by atoms with Crippen LogP contribution in [0, 0.1) is 5.92 Å². The van der Waals surface area contributed by atoms with E-state index >= 15 is 0 Å². The van der Waals surface area contributed by atoms with Crippen LogP contribution >= 0.6 is 15.9 Å². The highest BCUT2D eigenvalue weighted by atomic mass is 79.9. The lowest BCUT2D eigenvalue weighted by molar-refractivity contribution is 0.0929. The number of rotatable bonds is 3. The molecular formula is C11H15BrN2O. The Morgan fingerprint density at radius 3 is 2.67 bits per heavy atom. The van der Waals surface area contributed by atoms with Gasteiger partial charge in [0.2, 0.25) is 0 Å². The van der Waals surface area contributed by atoms with E-state index < -0.39 is 0 Å². The van der Waals surface area contributed by atoms with Crippen LogP contribution in [0.2, 0.25) is 0 Å². The second-order valence-corrected chi connectivity index (χ2v) is 4.60. The molecule has 0 saturated carbocycles. The standard InChI is InChI=1S/C11H15BrN2O/c1-7(2)8(3)14-11(15)9-5-4-6-13-10(9)12/h4-8H,1-3H3,(H,14,15). The van der Waals surface area contributed by atoms with E-state index in [9.17, 15) is 4.79 Å². The highest BCUT2D eigenvalue weighted by molar-refractivity contribution is 9.10. The van der Waals surface area contributed by atoms with Crippen LogP contribution in [0.5, 0.6) is 0 Å². The van der Waals surface area contributed by atoms with Crippen LogP contribution in [0.15, 0.2) is 22.9 Å². The normalized spacial score (nSPS) is 12.6. The van der Waals surface area contributed by atoms with E-state index in [1.165, 1.54) is 0 Å². The summed E-state index contributed by atoms with van der Waals surface area (Å²) >= 11 is 3.25. The molecule has 1 amide bonds. The molecular weight excluding hydrogens is 256 g/mol. The quantitative estimate of drug-likeness (QED) is 0.859. The average molecular weight is 271 g/mol. The zero-order valence-corrected chi connectivity index (χ0v) is 10.7. The maximum Gasteiger partial charge on any atom is 0.254 e. The van der Waals surface area contributed by atoms with Gasteiger partial charge in [0.15, 0.2) is 0 Å². The maximum absolute atomic E-state index is 11.8. The molecule has 0 aliphatic rings. The van der Waals surface area contributed by atoms with Gasteiger partial charge in [0, 0.05) is 12.2 Å². The number of hydrogen-bond donors (Lipinski definition) is 1. The minimum atomic E-state index is -0.0869. The van der Waals surface area contributed by atoms with Gasteiger partial charge in [0.1, 0.15) is 4.60 Å². The van der Waals surface area contributed by atoms with Gasteiger partial charge in [-0.3, -0.25) is 4.79 Å². The Hall–Kier alpha value is -0.900. The summed E-state index contributed by atoms with van der Waals surface area (Å²) in [5.41, 5.74) is 0.574. The summed E-state index contributed by atoms with van der Waals surface area (Å²) in [5, 5.41) is 2.93. The highest BCUT2D eigenvalue weighted by Crippen LogP contribution is 2.13. The molecule has 15 heavy (non-hydrogen) atoms. The lowest BCUT2D eigenvalue weighted by atomic mass is 10.1. The molecule has 1 aromatic rings. The summed E-state index contributed by atoms with van der Waals surface area (Å²) < 4.78 is 0.582. The van der Waals surface area contributed by atoms with Crippen LogP contribution in [0.1, 0.15) is 31.1 Å². The number of pyridine rings is 1. The molecule has 0 spiro atoms. The second kappa shape index (κ2) is 5.26. The van der Waals surface area contributed by atoms with Crippen molar-refractivity contribution in [1.82, 2.24) is 10.3 Å². The molecule has 0 radical (unpaired) electrons. The van der Waals surface area contributed by atoms with Crippen LogP contribution in [0.3, 0.4) is 0 Å².